The number of amides is 7. The van der Waals surface area contributed by atoms with Crippen LogP contribution in [-0.4, -0.2) is 115 Å². The smallest absolute Gasteiger partial charge is 0.326 e. The molecule has 5 atom stereocenters. The largest absolute Gasteiger partial charge is 0.508 e. The van der Waals surface area contributed by atoms with Gasteiger partial charge in [-0.05, 0) is 30.5 Å². The number of carbonyl (C=O) groups is 9. The lowest BCUT2D eigenvalue weighted by Gasteiger charge is -2.26. The average Bonchev–Trinajstić information content (AvgIpc) is 3.60. The number of carboxylic acid groups (broad SMARTS) is 2. The average molecular weight is 747 g/mol. The van der Waals surface area contributed by atoms with E-state index in [4.69, 9.17) is 22.3 Å². The number of nitrogens with zero attached hydrogens (tertiary/aromatic N) is 1. The maximum atomic E-state index is 13.7. The van der Waals surface area contributed by atoms with Crippen molar-refractivity contribution in [3.05, 3.63) is 48.0 Å². The molecule has 2 aromatic rings. The molecule has 0 saturated heterocycles. The van der Waals surface area contributed by atoms with Crippen LogP contribution in [0.3, 0.4) is 0 Å². The number of rotatable bonds is 23. The second-order valence-corrected chi connectivity index (χ2v) is 11.7. The van der Waals surface area contributed by atoms with Gasteiger partial charge in [-0.25, -0.2) is 9.78 Å². The summed E-state index contributed by atoms with van der Waals surface area (Å²) in [5, 5.41) is 39.5. The van der Waals surface area contributed by atoms with Gasteiger partial charge in [0.25, 0.3) is 0 Å². The summed E-state index contributed by atoms with van der Waals surface area (Å²) >= 11 is 0. The predicted molar refractivity (Wildman–Crippen MR) is 180 cm³/mol. The van der Waals surface area contributed by atoms with Gasteiger partial charge in [0, 0.05) is 37.6 Å². The van der Waals surface area contributed by atoms with Crippen LogP contribution in [0.5, 0.6) is 5.75 Å². The Bertz CT molecular complexity index is 1630. The minimum absolute atomic E-state index is 0.0888. The number of hydrogen-bond acceptors (Lipinski definition) is 12. The monoisotopic (exact) mass is 746 g/mol. The van der Waals surface area contributed by atoms with Crippen LogP contribution in [0.1, 0.15) is 43.4 Å². The molecule has 288 valence electrons. The summed E-state index contributed by atoms with van der Waals surface area (Å²) in [4.78, 5) is 118. The molecule has 0 radical (unpaired) electrons. The van der Waals surface area contributed by atoms with Gasteiger partial charge in [0.2, 0.25) is 41.4 Å². The molecule has 1 aromatic carbocycles. The number of carboxylic acids is 2. The second-order valence-electron chi connectivity index (χ2n) is 11.7. The number of nitrogens with one attached hydrogen (secondary N) is 6. The molecule has 53 heavy (non-hydrogen) atoms. The van der Waals surface area contributed by atoms with E-state index in [9.17, 15) is 53.4 Å². The van der Waals surface area contributed by atoms with E-state index in [-0.39, 0.29) is 25.0 Å². The van der Waals surface area contributed by atoms with Crippen LogP contribution in [0.25, 0.3) is 0 Å². The molecule has 1 aromatic heterocycles. The molecular weight excluding hydrogens is 704 g/mol. The summed E-state index contributed by atoms with van der Waals surface area (Å²) in [7, 11) is 0. The summed E-state index contributed by atoms with van der Waals surface area (Å²) in [5.74, 6) is -9.54. The lowest BCUT2D eigenvalue weighted by Crippen LogP contribution is -2.59. The van der Waals surface area contributed by atoms with Gasteiger partial charge in [0.1, 0.15) is 29.9 Å². The van der Waals surface area contributed by atoms with E-state index in [0.717, 1.165) is 0 Å². The number of aromatic amines is 1. The minimum Gasteiger partial charge on any atom is -0.508 e. The van der Waals surface area contributed by atoms with Crippen molar-refractivity contribution in [2.24, 2.45) is 17.2 Å². The zero-order valence-electron chi connectivity index (χ0n) is 28.2. The number of hydrogen-bond donors (Lipinski definition) is 12. The standard InChI is InChI=1S/C31H42N10O12/c32-18(5-8-26(46)47)27(48)36-13-25(45)38-20(9-15-1-3-17(42)4-2-15)28(49)40-21(10-16-12-35-14-37-16)29(50)41-22(11-24(34)44)30(51)39-19(31(52)53)6-7-23(33)43/h1-4,12,14,18-22,42H,5-11,13,32H2,(H2,33,43)(H2,34,44)(H,35,37)(H,36,48)(H,38,45)(H,39,51)(H,40,49)(H,41,50)(H,46,47)(H,52,53)/t18-,19-,20-,21-,22-/m0/s1. The van der Waals surface area contributed by atoms with Crippen LogP contribution in [0.15, 0.2) is 36.8 Å². The first-order valence-corrected chi connectivity index (χ1v) is 15.9. The Balaban J connectivity index is 2.31. The Kier molecular flexibility index (Phi) is 16.8. The van der Waals surface area contributed by atoms with Crippen LogP contribution < -0.4 is 43.8 Å². The van der Waals surface area contributed by atoms with Crippen molar-refractivity contribution in [1.29, 1.82) is 0 Å². The number of H-pyrrole nitrogens is 1. The van der Waals surface area contributed by atoms with Gasteiger partial charge < -0.3 is 64.1 Å². The Labute approximate surface area is 301 Å². The van der Waals surface area contributed by atoms with Gasteiger partial charge in [0.15, 0.2) is 0 Å². The fourth-order valence-corrected chi connectivity index (χ4v) is 4.63. The van der Waals surface area contributed by atoms with Crippen molar-refractivity contribution < 1.29 is 58.5 Å². The number of aromatic nitrogens is 2. The van der Waals surface area contributed by atoms with E-state index in [1.165, 1.54) is 36.8 Å². The minimum atomic E-state index is -1.74. The number of phenols is 1. The molecular formula is C31H42N10O12. The molecule has 1 heterocycles. The second kappa shape index (κ2) is 20.9. The molecule has 0 aliphatic rings. The molecule has 22 heteroatoms. The Morgan fingerprint density at radius 2 is 1.30 bits per heavy atom. The highest BCUT2D eigenvalue weighted by atomic mass is 16.4. The SMILES string of the molecule is NC(=O)CC[C@H](NC(=O)[C@H](CC(N)=O)NC(=O)[C@H](Cc1cnc[nH]1)NC(=O)[C@H](Cc1ccc(O)cc1)NC(=O)CNC(=O)[C@@H](N)CCC(=O)O)C(=O)O. The molecule has 0 bridgehead atoms. The van der Waals surface area contributed by atoms with Crippen LogP contribution in [0.2, 0.25) is 0 Å². The molecule has 7 amide bonds. The molecule has 22 nitrogen and oxygen atoms in total. The summed E-state index contributed by atoms with van der Waals surface area (Å²) in [6.45, 7) is -0.669. The van der Waals surface area contributed by atoms with Crippen LogP contribution >= 0.6 is 0 Å². The van der Waals surface area contributed by atoms with Gasteiger partial charge in [-0.15, -0.1) is 0 Å². The van der Waals surface area contributed by atoms with E-state index in [0.29, 0.717) is 11.3 Å². The molecule has 0 aliphatic heterocycles. The first-order valence-electron chi connectivity index (χ1n) is 15.9. The molecule has 0 aliphatic carbocycles. The van der Waals surface area contributed by atoms with Crippen molar-refractivity contribution >= 4 is 53.3 Å². The molecule has 0 spiro atoms. The Morgan fingerprint density at radius 3 is 1.85 bits per heavy atom. The summed E-state index contributed by atoms with van der Waals surface area (Å²) in [5.41, 5.74) is 16.8. The summed E-state index contributed by atoms with van der Waals surface area (Å²) in [6, 6.07) is -1.98. The zero-order valence-corrected chi connectivity index (χ0v) is 28.2. The van der Waals surface area contributed by atoms with Gasteiger partial charge >= 0.3 is 11.9 Å². The van der Waals surface area contributed by atoms with Crippen molar-refractivity contribution in [2.75, 3.05) is 6.54 Å². The quantitative estimate of drug-likeness (QED) is 0.0509. The van der Waals surface area contributed by atoms with Crippen molar-refractivity contribution in [3.63, 3.8) is 0 Å². The lowest BCUT2D eigenvalue weighted by molar-refractivity contribution is -0.143. The first kappa shape index (κ1) is 42.6. The fraction of sp³-hybridized carbons (Fsp3) is 0.419. The number of carbonyl (C=O) groups excluding carboxylic acids is 7. The van der Waals surface area contributed by atoms with Crippen LogP contribution in [0.4, 0.5) is 0 Å². The molecule has 2 rings (SSSR count). The van der Waals surface area contributed by atoms with E-state index in [2.05, 4.69) is 36.6 Å². The number of aromatic hydroxyl groups is 1. The Morgan fingerprint density at radius 1 is 0.717 bits per heavy atom. The van der Waals surface area contributed by atoms with Crippen LogP contribution in [-0.2, 0) is 56.0 Å². The van der Waals surface area contributed by atoms with Gasteiger partial charge in [-0.2, -0.15) is 0 Å². The highest BCUT2D eigenvalue weighted by Gasteiger charge is 2.33. The van der Waals surface area contributed by atoms with E-state index >= 15 is 0 Å². The van der Waals surface area contributed by atoms with E-state index < -0.39 is 116 Å². The molecule has 0 unspecified atom stereocenters. The zero-order chi connectivity index (χ0) is 39.7. The number of phenolic OH excluding ortho intramolecular Hbond substituents is 1. The van der Waals surface area contributed by atoms with Crippen molar-refractivity contribution in [3.8, 4) is 5.75 Å². The number of nitrogens with two attached hydrogens (primary N) is 3. The van der Waals surface area contributed by atoms with Gasteiger partial charge in [0.05, 0.1) is 25.3 Å². The van der Waals surface area contributed by atoms with Crippen molar-refractivity contribution in [2.45, 2.75) is 75.2 Å². The highest BCUT2D eigenvalue weighted by molar-refractivity contribution is 5.97. The third kappa shape index (κ3) is 15.9. The van der Waals surface area contributed by atoms with Crippen molar-refractivity contribution in [1.82, 2.24) is 36.6 Å². The summed E-state index contributed by atoms with van der Waals surface area (Å²) in [6.07, 6.45) is -0.0599. The normalized spacial score (nSPS) is 13.5. The highest BCUT2D eigenvalue weighted by Crippen LogP contribution is 2.12. The summed E-state index contributed by atoms with van der Waals surface area (Å²) < 4.78 is 0. The van der Waals surface area contributed by atoms with Gasteiger partial charge in [-0.3, -0.25) is 38.4 Å². The molecule has 0 saturated carbocycles. The molecule has 0 fully saturated rings. The number of aliphatic carboxylic acids is 2. The first-order chi connectivity index (χ1) is 24.9. The third-order valence-corrected chi connectivity index (χ3v) is 7.40. The topological polar surface area (TPSA) is 381 Å². The third-order valence-electron chi connectivity index (χ3n) is 7.40. The Hall–Kier alpha value is -6.58. The lowest BCUT2D eigenvalue weighted by atomic mass is 10.0. The van der Waals surface area contributed by atoms with E-state index in [1.54, 1.807) is 0 Å². The predicted octanol–water partition coefficient (Wildman–Crippen LogP) is -4.63. The van der Waals surface area contributed by atoms with Gasteiger partial charge in [-0.1, -0.05) is 12.1 Å². The maximum Gasteiger partial charge on any atom is 0.326 e. The van der Waals surface area contributed by atoms with Crippen LogP contribution in [0, 0.1) is 0 Å². The maximum absolute atomic E-state index is 13.7. The number of primary amides is 2. The number of imidazole rings is 1. The van der Waals surface area contributed by atoms with E-state index in [1.807, 2.05) is 0 Å². The number of benzene rings is 1. The fourth-order valence-electron chi connectivity index (χ4n) is 4.63. The molecule has 15 N–H and O–H groups in total.